The van der Waals surface area contributed by atoms with Crippen LogP contribution in [0, 0.1) is 17.5 Å². The van der Waals surface area contributed by atoms with Crippen LogP contribution in [-0.2, 0) is 14.8 Å². The molecule has 3 rings (SSSR count). The summed E-state index contributed by atoms with van der Waals surface area (Å²) in [7, 11) is -4.40. The minimum Gasteiger partial charge on any atom is -0.379 e. The van der Waals surface area contributed by atoms with Gasteiger partial charge in [0.05, 0.1) is 13.2 Å². The van der Waals surface area contributed by atoms with Gasteiger partial charge in [-0.25, -0.2) is 26.3 Å². The second-order valence-electron chi connectivity index (χ2n) is 6.24. The van der Waals surface area contributed by atoms with Crippen molar-refractivity contribution in [3.8, 4) is 0 Å². The van der Waals surface area contributed by atoms with E-state index in [0.29, 0.717) is 43.5 Å². The lowest BCUT2D eigenvalue weighted by molar-refractivity contribution is 0.0172. The van der Waals surface area contributed by atoms with Crippen molar-refractivity contribution >= 4 is 21.6 Å². The summed E-state index contributed by atoms with van der Waals surface area (Å²) in [5, 5.41) is 0.491. The molecule has 1 unspecified atom stereocenters. The van der Waals surface area contributed by atoms with Crippen LogP contribution in [-0.4, -0.2) is 46.2 Å². The SMILES string of the molecule is O=S(=O)(NCC(c1cccc(Cl)c1)N1CCOCC1)c1ccc(F)c(F)c1F. The fraction of sp³-hybridized carbons (Fsp3) is 0.333. The molecule has 152 valence electrons. The Kier molecular flexibility index (Phi) is 6.61. The van der Waals surface area contributed by atoms with Gasteiger partial charge in [0.15, 0.2) is 17.5 Å². The quantitative estimate of drug-likeness (QED) is 0.710. The van der Waals surface area contributed by atoms with Crippen LogP contribution in [0.3, 0.4) is 0 Å². The molecule has 0 radical (unpaired) electrons. The topological polar surface area (TPSA) is 58.6 Å². The smallest absolute Gasteiger partial charge is 0.243 e. The van der Waals surface area contributed by atoms with Crippen molar-refractivity contribution in [1.29, 1.82) is 0 Å². The highest BCUT2D eigenvalue weighted by atomic mass is 35.5. The first-order valence-corrected chi connectivity index (χ1v) is 10.4. The molecule has 1 aliphatic rings. The lowest BCUT2D eigenvalue weighted by Crippen LogP contribution is -2.43. The highest BCUT2D eigenvalue weighted by Crippen LogP contribution is 2.25. The predicted octanol–water partition coefficient (Wildman–Crippen LogP) is 3.11. The van der Waals surface area contributed by atoms with Crippen LogP contribution in [0.5, 0.6) is 0 Å². The van der Waals surface area contributed by atoms with E-state index in [1.807, 2.05) is 4.90 Å². The van der Waals surface area contributed by atoms with Gasteiger partial charge in [-0.2, -0.15) is 0 Å². The molecule has 5 nitrogen and oxygen atoms in total. The third-order valence-electron chi connectivity index (χ3n) is 4.48. The molecule has 0 bridgehead atoms. The van der Waals surface area contributed by atoms with Crippen molar-refractivity contribution in [3.05, 3.63) is 64.4 Å². The molecular weight excluding hydrogens is 417 g/mol. The minimum absolute atomic E-state index is 0.110. The molecule has 1 fully saturated rings. The van der Waals surface area contributed by atoms with Gasteiger partial charge in [0, 0.05) is 30.7 Å². The van der Waals surface area contributed by atoms with Crippen LogP contribution in [0.1, 0.15) is 11.6 Å². The highest BCUT2D eigenvalue weighted by Gasteiger charge is 2.28. The van der Waals surface area contributed by atoms with E-state index in [0.717, 1.165) is 5.56 Å². The summed E-state index contributed by atoms with van der Waals surface area (Å²) >= 11 is 6.06. The second-order valence-corrected chi connectivity index (χ2v) is 8.42. The third kappa shape index (κ3) is 4.66. The number of halogens is 4. The predicted molar refractivity (Wildman–Crippen MR) is 98.1 cm³/mol. The van der Waals surface area contributed by atoms with E-state index in [1.165, 1.54) is 0 Å². The standard InChI is InChI=1S/C18H18ClF3N2O3S/c19-13-3-1-2-12(10-13)15(24-6-8-27-9-7-24)11-23-28(25,26)16-5-4-14(20)17(21)18(16)22/h1-5,10,15,23H,6-9,11H2. The van der Waals surface area contributed by atoms with E-state index in [9.17, 15) is 21.6 Å². The Morgan fingerprint density at radius 3 is 2.50 bits per heavy atom. The normalized spacial score (nSPS) is 16.9. The zero-order chi connectivity index (χ0) is 20.3. The molecule has 1 atom stereocenters. The average molecular weight is 435 g/mol. The molecule has 1 aliphatic heterocycles. The summed E-state index contributed by atoms with van der Waals surface area (Å²) in [5.74, 6) is -5.04. The molecule has 0 saturated carbocycles. The van der Waals surface area contributed by atoms with Gasteiger partial charge in [-0.3, -0.25) is 4.90 Å². The summed E-state index contributed by atoms with van der Waals surface area (Å²) in [6, 6.07) is 7.83. The summed E-state index contributed by atoms with van der Waals surface area (Å²) in [6.45, 7) is 2.00. The fourth-order valence-corrected chi connectivity index (χ4v) is 4.35. The van der Waals surface area contributed by atoms with E-state index in [-0.39, 0.29) is 6.54 Å². The Morgan fingerprint density at radius 1 is 1.11 bits per heavy atom. The molecule has 0 amide bonds. The number of ether oxygens (including phenoxy) is 1. The van der Waals surface area contributed by atoms with Crippen LogP contribution < -0.4 is 4.72 Å². The lowest BCUT2D eigenvalue weighted by atomic mass is 10.1. The van der Waals surface area contributed by atoms with E-state index < -0.39 is 38.4 Å². The van der Waals surface area contributed by atoms with Gasteiger partial charge in [-0.15, -0.1) is 0 Å². The maximum Gasteiger partial charge on any atom is 0.243 e. The lowest BCUT2D eigenvalue weighted by Gasteiger charge is -2.35. The molecule has 0 aromatic heterocycles. The molecule has 2 aromatic carbocycles. The molecule has 0 spiro atoms. The summed E-state index contributed by atoms with van der Waals surface area (Å²) < 4.78 is 73.1. The number of hydrogen-bond acceptors (Lipinski definition) is 4. The Hall–Kier alpha value is -1.65. The van der Waals surface area contributed by atoms with Crippen molar-refractivity contribution in [1.82, 2.24) is 9.62 Å². The molecule has 0 aliphatic carbocycles. The van der Waals surface area contributed by atoms with Gasteiger partial charge >= 0.3 is 0 Å². The molecule has 1 N–H and O–H groups in total. The third-order valence-corrected chi connectivity index (χ3v) is 6.15. The summed E-state index contributed by atoms with van der Waals surface area (Å²) in [4.78, 5) is 1.07. The van der Waals surface area contributed by atoms with E-state index in [4.69, 9.17) is 16.3 Å². The molecule has 2 aromatic rings. The maximum absolute atomic E-state index is 13.9. The average Bonchev–Trinajstić information content (AvgIpc) is 2.67. The minimum atomic E-state index is -4.40. The number of benzene rings is 2. The first-order chi connectivity index (χ1) is 13.3. The van der Waals surface area contributed by atoms with E-state index in [1.54, 1.807) is 24.3 Å². The molecular formula is C18H18ClF3N2O3S. The number of sulfonamides is 1. The fourth-order valence-electron chi connectivity index (χ4n) is 3.04. The van der Waals surface area contributed by atoms with Gasteiger partial charge in [0.1, 0.15) is 4.90 Å². The largest absolute Gasteiger partial charge is 0.379 e. The van der Waals surface area contributed by atoms with Gasteiger partial charge in [-0.05, 0) is 29.8 Å². The summed E-state index contributed by atoms with van der Waals surface area (Å²) in [6.07, 6.45) is 0. The second kappa shape index (κ2) is 8.79. The Bertz CT molecular complexity index is 953. The van der Waals surface area contributed by atoms with Gasteiger partial charge in [-0.1, -0.05) is 23.7 Å². The zero-order valence-electron chi connectivity index (χ0n) is 14.7. The summed E-state index contributed by atoms with van der Waals surface area (Å²) in [5.41, 5.74) is 0.767. The van der Waals surface area contributed by atoms with Crippen molar-refractivity contribution < 1.29 is 26.3 Å². The first kappa shape index (κ1) is 21.1. The number of hydrogen-bond donors (Lipinski definition) is 1. The van der Waals surface area contributed by atoms with Crippen molar-refractivity contribution in [2.75, 3.05) is 32.8 Å². The van der Waals surface area contributed by atoms with Crippen LogP contribution in [0.2, 0.25) is 5.02 Å². The number of rotatable bonds is 6. The van der Waals surface area contributed by atoms with Crippen molar-refractivity contribution in [2.24, 2.45) is 0 Å². The Morgan fingerprint density at radius 2 is 1.82 bits per heavy atom. The van der Waals surface area contributed by atoms with Crippen molar-refractivity contribution in [2.45, 2.75) is 10.9 Å². The molecule has 10 heteroatoms. The van der Waals surface area contributed by atoms with Crippen LogP contribution in [0.15, 0.2) is 41.3 Å². The zero-order valence-corrected chi connectivity index (χ0v) is 16.2. The number of morpholine rings is 1. The van der Waals surface area contributed by atoms with Crippen molar-refractivity contribution in [3.63, 3.8) is 0 Å². The highest BCUT2D eigenvalue weighted by molar-refractivity contribution is 7.89. The number of nitrogens with one attached hydrogen (secondary N) is 1. The Labute approximate surface area is 166 Å². The van der Waals surface area contributed by atoms with Gasteiger partial charge < -0.3 is 4.74 Å². The van der Waals surface area contributed by atoms with Crippen LogP contribution in [0.4, 0.5) is 13.2 Å². The number of nitrogens with zero attached hydrogens (tertiary/aromatic N) is 1. The van der Waals surface area contributed by atoms with Crippen LogP contribution in [0.25, 0.3) is 0 Å². The van der Waals surface area contributed by atoms with Crippen LogP contribution >= 0.6 is 11.6 Å². The van der Waals surface area contributed by atoms with Gasteiger partial charge in [0.25, 0.3) is 0 Å². The Balaban J connectivity index is 1.86. The maximum atomic E-state index is 13.9. The molecule has 28 heavy (non-hydrogen) atoms. The van der Waals surface area contributed by atoms with Gasteiger partial charge in [0.2, 0.25) is 10.0 Å². The van der Waals surface area contributed by atoms with E-state index >= 15 is 0 Å². The first-order valence-electron chi connectivity index (χ1n) is 8.50. The molecule has 1 saturated heterocycles. The molecule has 1 heterocycles. The monoisotopic (exact) mass is 434 g/mol. The van der Waals surface area contributed by atoms with E-state index in [2.05, 4.69) is 4.72 Å².